The predicted molar refractivity (Wildman–Crippen MR) is 120 cm³/mol. The second-order valence-corrected chi connectivity index (χ2v) is 8.30. The van der Waals surface area contributed by atoms with Crippen molar-refractivity contribution in [3.8, 4) is 11.4 Å². The molecule has 0 spiro atoms. The van der Waals surface area contributed by atoms with E-state index in [1.165, 1.54) is 6.20 Å². The van der Waals surface area contributed by atoms with Crippen LogP contribution in [-0.2, 0) is 0 Å². The van der Waals surface area contributed by atoms with Crippen molar-refractivity contribution in [2.75, 3.05) is 23.9 Å². The maximum Gasteiger partial charge on any atom is 0.259 e. The normalized spacial score (nSPS) is 11.3. The summed E-state index contributed by atoms with van der Waals surface area (Å²) >= 11 is 1.12. The highest BCUT2D eigenvalue weighted by Gasteiger charge is 2.16. The Kier molecular flexibility index (Phi) is 5.63. The van der Waals surface area contributed by atoms with E-state index in [-0.39, 0.29) is 7.33 Å². The van der Waals surface area contributed by atoms with Gasteiger partial charge in [-0.05, 0) is 44.8 Å². The first-order chi connectivity index (χ1) is 14.8. The number of benzene rings is 1. The summed E-state index contributed by atoms with van der Waals surface area (Å²) in [7, 11) is 3.64. The third-order valence-electron chi connectivity index (χ3n) is 4.48. The topological polar surface area (TPSA) is 112 Å². The Hall–Kier alpha value is -3.41. The number of anilines is 2. The maximum atomic E-state index is 13.0. The van der Waals surface area contributed by atoms with Gasteiger partial charge in [-0.1, -0.05) is 17.3 Å². The van der Waals surface area contributed by atoms with Crippen molar-refractivity contribution in [2.24, 2.45) is 0 Å². The van der Waals surface area contributed by atoms with Crippen LogP contribution < -0.4 is 9.79 Å². The van der Waals surface area contributed by atoms with E-state index in [1.807, 2.05) is 39.2 Å². The number of hydrogen-bond acceptors (Lipinski definition) is 9. The molecule has 0 bridgehead atoms. The van der Waals surface area contributed by atoms with Crippen LogP contribution in [0, 0.1) is 13.8 Å². The Balaban J connectivity index is 0.00000289. The van der Waals surface area contributed by atoms with Crippen LogP contribution in [-0.4, -0.2) is 49.3 Å². The van der Waals surface area contributed by atoms with E-state index in [1.54, 1.807) is 34.1 Å². The van der Waals surface area contributed by atoms with Gasteiger partial charge in [-0.25, -0.2) is 8.82 Å². The van der Waals surface area contributed by atoms with Gasteiger partial charge in [0.1, 0.15) is 0 Å². The summed E-state index contributed by atoms with van der Waals surface area (Å²) in [6, 6.07) is 9.02. The fourth-order valence-corrected chi connectivity index (χ4v) is 3.48. The number of carbonyl (C=O) groups excluding carboxylic acids is 1. The molecule has 0 aliphatic heterocycles. The van der Waals surface area contributed by atoms with Gasteiger partial charge in [0.15, 0.2) is 0 Å². The zero-order chi connectivity index (χ0) is 22.1. The zero-order valence-corrected chi connectivity index (χ0v) is 18.2. The molecule has 0 saturated carbocycles. The van der Waals surface area contributed by atoms with E-state index in [4.69, 9.17) is 4.52 Å². The molecule has 1 aromatic carbocycles. The van der Waals surface area contributed by atoms with Crippen LogP contribution in [0.1, 0.15) is 23.2 Å². The van der Waals surface area contributed by atoms with Crippen molar-refractivity contribution in [3.63, 3.8) is 0 Å². The largest absolute Gasteiger partial charge is 0.339 e. The Bertz CT molecular complexity index is 1260. The molecule has 0 fully saturated rings. The van der Waals surface area contributed by atoms with Crippen LogP contribution in [0.4, 0.5) is 11.4 Å². The summed E-state index contributed by atoms with van der Waals surface area (Å²) in [5.74, 6) is 0.633. The molecule has 0 atom stereocenters. The first kappa shape index (κ1) is 20.8. The van der Waals surface area contributed by atoms with Crippen LogP contribution in [0.5, 0.6) is 0 Å². The number of carbonyl (C=O) groups is 1. The van der Waals surface area contributed by atoms with E-state index >= 15 is 0 Å². The lowest BCUT2D eigenvalue weighted by molar-refractivity contribution is 0.102. The summed E-state index contributed by atoms with van der Waals surface area (Å²) in [4.78, 5) is 17.2. The highest BCUT2D eigenvalue weighted by atomic mass is 32.2. The smallest absolute Gasteiger partial charge is 0.259 e. The fourth-order valence-electron chi connectivity index (χ4n) is 2.97. The van der Waals surface area contributed by atoms with E-state index in [0.717, 1.165) is 27.7 Å². The fraction of sp³-hybridized carbons (Fsp3) is 0.200. The monoisotopic (exact) mass is 441 g/mol. The lowest BCUT2D eigenvalue weighted by Crippen LogP contribution is -2.16. The summed E-state index contributed by atoms with van der Waals surface area (Å²) in [6.45, 7) is 3.63. The Morgan fingerprint density at radius 2 is 2.06 bits per heavy atom. The van der Waals surface area contributed by atoms with Crippen molar-refractivity contribution in [1.82, 2.24) is 24.1 Å². The standard InChI is InChI=1S/C20H21N7O3S.H2/c1-12-5-6-14(19-22-13(2)30-24-19)9-17(12)23-20(28)16-10-21-26-11-15(7-8-18(16)26)27(29)31-25(3)4;/h5-11,29H,1-4H3,(H,23,28);1H. The molecular weight excluding hydrogens is 418 g/mol. The molecule has 0 unspecified atom stereocenters. The van der Waals surface area contributed by atoms with Crippen LogP contribution >= 0.6 is 12.1 Å². The van der Waals surface area contributed by atoms with Crippen molar-refractivity contribution < 1.29 is 16.0 Å². The SMILES string of the molecule is Cc1nc(-c2ccc(C)c(NC(=O)c3cnn4cc(N(O)SN(C)C)ccc34)c2)no1.[HH]. The molecule has 4 aromatic rings. The van der Waals surface area contributed by atoms with Gasteiger partial charge in [0.2, 0.25) is 11.7 Å². The highest BCUT2D eigenvalue weighted by molar-refractivity contribution is 7.98. The minimum atomic E-state index is -0.296. The van der Waals surface area contributed by atoms with Crippen molar-refractivity contribution in [3.05, 3.63) is 59.7 Å². The molecule has 31 heavy (non-hydrogen) atoms. The van der Waals surface area contributed by atoms with Gasteiger partial charge in [-0.15, -0.1) is 0 Å². The van der Waals surface area contributed by atoms with Gasteiger partial charge in [-0.2, -0.15) is 14.6 Å². The average Bonchev–Trinajstić information content (AvgIpc) is 3.34. The summed E-state index contributed by atoms with van der Waals surface area (Å²) in [6.07, 6.45) is 3.14. The molecular formula is C20H23N7O3S. The number of aryl methyl sites for hydroxylation is 2. The second kappa shape index (κ2) is 8.38. The highest BCUT2D eigenvalue weighted by Crippen LogP contribution is 2.26. The van der Waals surface area contributed by atoms with E-state index in [9.17, 15) is 10.0 Å². The zero-order valence-electron chi connectivity index (χ0n) is 17.4. The summed E-state index contributed by atoms with van der Waals surface area (Å²) in [5, 5.41) is 21.2. The number of hydrogen-bond donors (Lipinski definition) is 2. The molecule has 0 radical (unpaired) electrons. The quantitative estimate of drug-likeness (QED) is 0.340. The number of pyridine rings is 1. The predicted octanol–water partition coefficient (Wildman–Crippen LogP) is 3.82. The van der Waals surface area contributed by atoms with Gasteiger partial charge in [0.05, 0.1) is 41.3 Å². The Morgan fingerprint density at radius 3 is 2.77 bits per heavy atom. The molecule has 0 aliphatic carbocycles. The molecule has 1 amide bonds. The lowest BCUT2D eigenvalue weighted by Gasteiger charge is -2.18. The van der Waals surface area contributed by atoms with E-state index < -0.39 is 0 Å². The third kappa shape index (κ3) is 4.38. The third-order valence-corrected chi connectivity index (χ3v) is 5.17. The number of amides is 1. The summed E-state index contributed by atoms with van der Waals surface area (Å²) < 4.78 is 9.36. The number of aromatic nitrogens is 4. The molecule has 0 saturated heterocycles. The second-order valence-electron chi connectivity index (χ2n) is 7.06. The first-order valence-corrected chi connectivity index (χ1v) is 10.1. The molecule has 10 nitrogen and oxygen atoms in total. The van der Waals surface area contributed by atoms with Crippen molar-refractivity contribution in [1.29, 1.82) is 0 Å². The summed E-state index contributed by atoms with van der Waals surface area (Å²) in [5.41, 5.74) is 3.84. The number of nitrogens with one attached hydrogen (secondary N) is 1. The Morgan fingerprint density at radius 1 is 1.26 bits per heavy atom. The number of fused-ring (bicyclic) bond motifs is 1. The van der Waals surface area contributed by atoms with E-state index in [0.29, 0.717) is 34.2 Å². The van der Waals surface area contributed by atoms with Crippen LogP contribution in [0.15, 0.2) is 47.2 Å². The number of rotatable bonds is 6. The minimum absolute atomic E-state index is 0. The minimum Gasteiger partial charge on any atom is -0.339 e. The van der Waals surface area contributed by atoms with Gasteiger partial charge < -0.3 is 9.84 Å². The first-order valence-electron chi connectivity index (χ1n) is 9.36. The van der Waals surface area contributed by atoms with Crippen LogP contribution in [0.25, 0.3) is 16.9 Å². The number of nitrogens with zero attached hydrogens (tertiary/aromatic N) is 6. The molecule has 2 N–H and O–H groups in total. The van der Waals surface area contributed by atoms with Crippen molar-refractivity contribution in [2.45, 2.75) is 13.8 Å². The molecule has 0 aliphatic rings. The van der Waals surface area contributed by atoms with Gasteiger partial charge in [0.25, 0.3) is 5.91 Å². The van der Waals surface area contributed by atoms with E-state index in [2.05, 4.69) is 20.6 Å². The lowest BCUT2D eigenvalue weighted by atomic mass is 10.1. The molecule has 4 rings (SSSR count). The van der Waals surface area contributed by atoms with Crippen LogP contribution in [0.3, 0.4) is 0 Å². The van der Waals surface area contributed by atoms with Gasteiger partial charge in [0, 0.05) is 19.6 Å². The average molecular weight is 442 g/mol. The van der Waals surface area contributed by atoms with Crippen molar-refractivity contribution >= 4 is 34.9 Å². The molecule has 162 valence electrons. The van der Waals surface area contributed by atoms with Gasteiger partial charge >= 0.3 is 0 Å². The Labute approximate surface area is 184 Å². The molecule has 11 heteroatoms. The molecule has 3 heterocycles. The molecule has 3 aromatic heterocycles. The van der Waals surface area contributed by atoms with Gasteiger partial charge in [-0.3, -0.25) is 10.0 Å². The van der Waals surface area contributed by atoms with Crippen LogP contribution in [0.2, 0.25) is 0 Å². The maximum absolute atomic E-state index is 13.0.